The van der Waals surface area contributed by atoms with Crippen molar-refractivity contribution in [3.63, 3.8) is 0 Å². The molecule has 1 aliphatic rings. The van der Waals surface area contributed by atoms with Crippen LogP contribution in [0.5, 0.6) is 0 Å². The predicted molar refractivity (Wildman–Crippen MR) is 98.3 cm³/mol. The molecule has 1 fully saturated rings. The van der Waals surface area contributed by atoms with Crippen LogP contribution in [0.2, 0.25) is 0 Å². The maximum atomic E-state index is 14.3. The van der Waals surface area contributed by atoms with Gasteiger partial charge in [0.2, 0.25) is 10.0 Å². The van der Waals surface area contributed by atoms with Gasteiger partial charge in [0.25, 0.3) is 11.8 Å². The first kappa shape index (κ1) is 22.2. The highest BCUT2D eigenvalue weighted by molar-refractivity contribution is 7.89. The van der Waals surface area contributed by atoms with Crippen molar-refractivity contribution in [1.82, 2.24) is 4.31 Å². The third-order valence-corrected chi connectivity index (χ3v) is 6.46. The van der Waals surface area contributed by atoms with Crippen LogP contribution in [-0.2, 0) is 10.0 Å². The number of anilines is 1. The third kappa shape index (κ3) is 4.78. The minimum Gasteiger partial charge on any atom is -0.322 e. The van der Waals surface area contributed by atoms with Crippen LogP contribution in [0, 0.1) is 17.5 Å². The molecule has 1 heterocycles. The first-order valence-electron chi connectivity index (χ1n) is 8.93. The molecular weight excluding hydrogens is 431 g/mol. The maximum absolute atomic E-state index is 14.3. The van der Waals surface area contributed by atoms with Gasteiger partial charge >= 0.3 is 0 Å². The van der Waals surface area contributed by atoms with Crippen molar-refractivity contribution in [2.24, 2.45) is 0 Å². The molecule has 1 aliphatic heterocycles. The van der Waals surface area contributed by atoms with Crippen molar-refractivity contribution < 1.29 is 35.2 Å². The van der Waals surface area contributed by atoms with Gasteiger partial charge in [-0.25, -0.2) is 30.4 Å². The molecule has 1 N–H and O–H groups in total. The lowest BCUT2D eigenvalue weighted by atomic mass is 10.2. The number of hydrogen-bond donors (Lipinski definition) is 1. The van der Waals surface area contributed by atoms with Crippen molar-refractivity contribution in [2.75, 3.05) is 18.4 Å². The molecule has 0 saturated carbocycles. The Balaban J connectivity index is 1.90. The largest absolute Gasteiger partial charge is 0.322 e. The summed E-state index contributed by atoms with van der Waals surface area (Å²) in [6, 6.07) is 5.02. The molecule has 1 amide bonds. The molecule has 2 aromatic carbocycles. The Morgan fingerprint density at radius 2 is 1.67 bits per heavy atom. The molecule has 0 radical (unpaired) electrons. The number of benzene rings is 2. The molecule has 1 saturated heterocycles. The molecule has 3 rings (SSSR count). The van der Waals surface area contributed by atoms with E-state index in [-0.39, 0.29) is 30.6 Å². The van der Waals surface area contributed by atoms with Crippen LogP contribution < -0.4 is 5.32 Å². The summed E-state index contributed by atoms with van der Waals surface area (Å²) in [6.45, 7) is -1.29. The average molecular weight is 448 g/mol. The summed E-state index contributed by atoms with van der Waals surface area (Å²) in [5, 5.41) is 2.23. The van der Waals surface area contributed by atoms with Crippen molar-refractivity contribution in [3.8, 4) is 0 Å². The van der Waals surface area contributed by atoms with Gasteiger partial charge in [-0.1, -0.05) is 0 Å². The molecule has 5 nitrogen and oxygen atoms in total. The van der Waals surface area contributed by atoms with E-state index >= 15 is 0 Å². The van der Waals surface area contributed by atoms with Crippen LogP contribution >= 0.6 is 0 Å². The molecule has 0 unspecified atom stereocenters. The van der Waals surface area contributed by atoms with E-state index in [1.165, 1.54) is 0 Å². The maximum Gasteiger partial charge on any atom is 0.261 e. The van der Waals surface area contributed by atoms with Gasteiger partial charge in [0.05, 0.1) is 6.54 Å². The Kier molecular flexibility index (Phi) is 6.14. The van der Waals surface area contributed by atoms with Crippen LogP contribution in [0.15, 0.2) is 41.3 Å². The van der Waals surface area contributed by atoms with Gasteiger partial charge < -0.3 is 5.32 Å². The van der Waals surface area contributed by atoms with Crippen LogP contribution in [0.3, 0.4) is 0 Å². The quantitative estimate of drug-likeness (QED) is 0.715. The number of nitrogens with zero attached hydrogens (tertiary/aromatic N) is 1. The van der Waals surface area contributed by atoms with E-state index in [1.807, 2.05) is 0 Å². The average Bonchev–Trinajstić information content (AvgIpc) is 2.86. The van der Waals surface area contributed by atoms with Gasteiger partial charge in [0.1, 0.15) is 10.7 Å². The SMILES string of the molecule is O=C(Nc1ccc(F)c(F)c1)c1ccc(F)c(S(=O)(=O)N2CCCCC(F)(F)C2)c1. The van der Waals surface area contributed by atoms with Gasteiger partial charge in [-0.05, 0) is 43.2 Å². The second-order valence-corrected chi connectivity index (χ2v) is 8.79. The van der Waals surface area contributed by atoms with Gasteiger partial charge in [0, 0.05) is 30.3 Å². The minimum atomic E-state index is -4.64. The van der Waals surface area contributed by atoms with Crippen LogP contribution in [-0.4, -0.2) is 37.6 Å². The van der Waals surface area contributed by atoms with E-state index in [1.54, 1.807) is 0 Å². The highest BCUT2D eigenvalue weighted by Crippen LogP contribution is 2.30. The Bertz CT molecular complexity index is 1080. The monoisotopic (exact) mass is 448 g/mol. The molecule has 11 heteroatoms. The van der Waals surface area contributed by atoms with E-state index in [4.69, 9.17) is 0 Å². The number of amides is 1. The molecular formula is C19H17F5N2O3S. The number of halogens is 5. The lowest BCUT2D eigenvalue weighted by Gasteiger charge is -2.24. The van der Waals surface area contributed by atoms with Gasteiger partial charge in [-0.15, -0.1) is 0 Å². The summed E-state index contributed by atoms with van der Waals surface area (Å²) in [7, 11) is -4.64. The number of sulfonamides is 1. The van der Waals surface area contributed by atoms with Crippen molar-refractivity contribution >= 4 is 21.6 Å². The van der Waals surface area contributed by atoms with Crippen LogP contribution in [0.4, 0.5) is 27.6 Å². The number of hydrogen-bond acceptors (Lipinski definition) is 3. The Hall–Kier alpha value is -2.53. The second kappa shape index (κ2) is 8.31. The lowest BCUT2D eigenvalue weighted by molar-refractivity contribution is -0.0155. The Morgan fingerprint density at radius 1 is 0.967 bits per heavy atom. The summed E-state index contributed by atoms with van der Waals surface area (Å²) >= 11 is 0. The van der Waals surface area contributed by atoms with E-state index in [2.05, 4.69) is 5.32 Å². The topological polar surface area (TPSA) is 66.5 Å². The van der Waals surface area contributed by atoms with E-state index in [0.29, 0.717) is 10.4 Å². The lowest BCUT2D eigenvalue weighted by Crippen LogP contribution is -2.39. The molecule has 0 spiro atoms. The zero-order chi connectivity index (χ0) is 22.1. The molecule has 0 bridgehead atoms. The zero-order valence-corrected chi connectivity index (χ0v) is 16.3. The first-order valence-corrected chi connectivity index (χ1v) is 10.4. The summed E-state index contributed by atoms with van der Waals surface area (Å²) < 4.78 is 94.4. The fourth-order valence-corrected chi connectivity index (χ4v) is 4.65. The van der Waals surface area contributed by atoms with Gasteiger partial charge in [-0.3, -0.25) is 4.79 Å². The standard InChI is InChI=1S/C19H17F5N2O3S/c20-14-6-4-13(10-16(14)22)25-18(27)12-3-5-15(21)17(9-12)30(28,29)26-8-2-1-7-19(23,24)11-26/h3-6,9-10H,1-2,7-8,11H2,(H,25,27). The molecule has 0 aliphatic carbocycles. The van der Waals surface area contributed by atoms with E-state index < -0.39 is 57.2 Å². The molecule has 30 heavy (non-hydrogen) atoms. The number of alkyl halides is 2. The van der Waals surface area contributed by atoms with Crippen LogP contribution in [0.1, 0.15) is 29.6 Å². The highest BCUT2D eigenvalue weighted by Gasteiger charge is 2.39. The summed E-state index contributed by atoms with van der Waals surface area (Å²) in [6.07, 6.45) is -0.164. The Labute approximate surface area is 169 Å². The van der Waals surface area contributed by atoms with Crippen molar-refractivity contribution in [3.05, 3.63) is 59.4 Å². The van der Waals surface area contributed by atoms with Gasteiger partial charge in [0.15, 0.2) is 11.6 Å². The number of nitrogens with one attached hydrogen (secondary N) is 1. The van der Waals surface area contributed by atoms with E-state index in [0.717, 1.165) is 30.3 Å². The number of carbonyl (C=O) groups excluding carboxylic acids is 1. The summed E-state index contributed by atoms with van der Waals surface area (Å²) in [4.78, 5) is 11.4. The zero-order valence-electron chi connectivity index (χ0n) is 15.5. The van der Waals surface area contributed by atoms with Gasteiger partial charge in [-0.2, -0.15) is 4.31 Å². The number of rotatable bonds is 4. The first-order chi connectivity index (χ1) is 14.0. The van der Waals surface area contributed by atoms with E-state index in [9.17, 15) is 35.2 Å². The Morgan fingerprint density at radius 3 is 2.37 bits per heavy atom. The normalized spacial score (nSPS) is 17.4. The predicted octanol–water partition coefficient (Wildman–Crippen LogP) is 4.17. The fourth-order valence-electron chi connectivity index (χ4n) is 3.05. The third-order valence-electron chi connectivity index (χ3n) is 4.60. The molecule has 2 aromatic rings. The van der Waals surface area contributed by atoms with Crippen molar-refractivity contribution in [2.45, 2.75) is 30.1 Å². The van der Waals surface area contributed by atoms with Crippen LogP contribution in [0.25, 0.3) is 0 Å². The highest BCUT2D eigenvalue weighted by atomic mass is 32.2. The molecule has 0 atom stereocenters. The summed E-state index contributed by atoms with van der Waals surface area (Å²) in [5.74, 6) is -7.71. The number of carbonyl (C=O) groups is 1. The summed E-state index contributed by atoms with van der Waals surface area (Å²) in [5.41, 5.74) is -0.416. The molecule has 0 aromatic heterocycles. The fraction of sp³-hybridized carbons (Fsp3) is 0.316. The minimum absolute atomic E-state index is 0.111. The molecule has 162 valence electrons. The smallest absolute Gasteiger partial charge is 0.261 e. The van der Waals surface area contributed by atoms with Crippen molar-refractivity contribution in [1.29, 1.82) is 0 Å². The second-order valence-electron chi connectivity index (χ2n) is 6.88.